The van der Waals surface area contributed by atoms with E-state index in [0.29, 0.717) is 17.6 Å². The number of nitriles is 1. The summed E-state index contributed by atoms with van der Waals surface area (Å²) in [6.45, 7) is 0.0971. The Morgan fingerprint density at radius 1 is 1.03 bits per heavy atom. The Hall–Kier alpha value is -4.18. The van der Waals surface area contributed by atoms with Crippen LogP contribution in [0.3, 0.4) is 0 Å². The molecule has 7 heteroatoms. The normalized spacial score (nSPS) is 11.6. The Morgan fingerprint density at radius 3 is 2.61 bits per heavy atom. The Bertz CT molecular complexity index is 1290. The maximum Gasteiger partial charge on any atom is 0.288 e. The fraction of sp³-hybridized carbons (Fsp3) is 0.0833. The first-order chi connectivity index (χ1) is 15.0. The van der Waals surface area contributed by atoms with Crippen LogP contribution < -0.4 is 10.1 Å². The van der Waals surface area contributed by atoms with Crippen molar-refractivity contribution < 1.29 is 22.7 Å². The summed E-state index contributed by atoms with van der Waals surface area (Å²) in [7, 11) is 0. The Kier molecular flexibility index (Phi) is 5.63. The molecule has 0 bridgehead atoms. The molecule has 0 aliphatic heterocycles. The molecular formula is C24H16F2N2O3. The van der Waals surface area contributed by atoms with Crippen LogP contribution in [0.5, 0.6) is 5.75 Å². The molecule has 0 spiro atoms. The maximum absolute atomic E-state index is 13.9. The van der Waals surface area contributed by atoms with E-state index in [1.165, 1.54) is 6.07 Å². The molecule has 4 rings (SSSR count). The fourth-order valence-electron chi connectivity index (χ4n) is 3.11. The van der Waals surface area contributed by atoms with Crippen LogP contribution in [0.25, 0.3) is 10.8 Å². The standard InChI is InChI=1S/C24H16F2N2O3/c25-17-6-9-20(21(26)12-17)22(13-27)28-24(29)23-10-8-19(31-23)14-30-18-7-5-15-3-1-2-4-16(15)11-18/h1-12,22H,14H2,(H,28,29). The molecule has 3 aromatic carbocycles. The Balaban J connectivity index is 1.41. The van der Waals surface area contributed by atoms with E-state index >= 15 is 0 Å². The van der Waals surface area contributed by atoms with E-state index in [-0.39, 0.29) is 17.9 Å². The number of benzene rings is 3. The summed E-state index contributed by atoms with van der Waals surface area (Å²) in [5, 5.41) is 13.8. The summed E-state index contributed by atoms with van der Waals surface area (Å²) in [5.74, 6) is -1.40. The van der Waals surface area contributed by atoms with E-state index in [2.05, 4.69) is 5.32 Å². The lowest BCUT2D eigenvalue weighted by Crippen LogP contribution is -2.28. The molecule has 31 heavy (non-hydrogen) atoms. The second kappa shape index (κ2) is 8.67. The van der Waals surface area contributed by atoms with Crippen molar-refractivity contribution >= 4 is 16.7 Å². The van der Waals surface area contributed by atoms with Gasteiger partial charge in [0.2, 0.25) is 0 Å². The molecule has 0 radical (unpaired) electrons. The molecular weight excluding hydrogens is 402 g/mol. The number of rotatable bonds is 6. The van der Waals surface area contributed by atoms with Gasteiger partial charge in [0.15, 0.2) is 5.76 Å². The number of carbonyl (C=O) groups is 1. The predicted octanol–water partition coefficient (Wildman–Crippen LogP) is 5.28. The van der Waals surface area contributed by atoms with Gasteiger partial charge in [-0.2, -0.15) is 5.26 Å². The first-order valence-corrected chi connectivity index (χ1v) is 9.39. The van der Waals surface area contributed by atoms with Crippen molar-refractivity contribution in [2.45, 2.75) is 12.6 Å². The largest absolute Gasteiger partial charge is 0.486 e. The molecule has 1 atom stereocenters. The van der Waals surface area contributed by atoms with Gasteiger partial charge in [-0.15, -0.1) is 0 Å². The van der Waals surface area contributed by atoms with Crippen molar-refractivity contribution in [1.82, 2.24) is 5.32 Å². The molecule has 1 amide bonds. The molecule has 0 aliphatic carbocycles. The van der Waals surface area contributed by atoms with Gasteiger partial charge in [-0.1, -0.05) is 36.4 Å². The van der Waals surface area contributed by atoms with E-state index in [0.717, 1.165) is 22.9 Å². The van der Waals surface area contributed by atoms with E-state index in [1.54, 1.807) is 12.1 Å². The van der Waals surface area contributed by atoms with Crippen molar-refractivity contribution in [2.24, 2.45) is 0 Å². The van der Waals surface area contributed by atoms with Crippen molar-refractivity contribution in [3.8, 4) is 11.8 Å². The zero-order chi connectivity index (χ0) is 21.8. The summed E-state index contributed by atoms with van der Waals surface area (Å²) >= 11 is 0. The van der Waals surface area contributed by atoms with Gasteiger partial charge in [-0.05, 0) is 41.1 Å². The van der Waals surface area contributed by atoms with Crippen molar-refractivity contribution in [1.29, 1.82) is 5.26 Å². The van der Waals surface area contributed by atoms with Crippen LogP contribution in [0, 0.1) is 23.0 Å². The molecule has 0 saturated carbocycles. The first-order valence-electron chi connectivity index (χ1n) is 9.39. The minimum atomic E-state index is -1.30. The first kappa shape index (κ1) is 20.1. The highest BCUT2D eigenvalue weighted by molar-refractivity contribution is 5.92. The van der Waals surface area contributed by atoms with Gasteiger partial charge in [-0.3, -0.25) is 4.79 Å². The summed E-state index contributed by atoms with van der Waals surface area (Å²) in [6, 6.07) is 19.9. The number of nitrogens with one attached hydrogen (secondary N) is 1. The lowest BCUT2D eigenvalue weighted by Gasteiger charge is -2.12. The van der Waals surface area contributed by atoms with E-state index < -0.39 is 23.6 Å². The van der Waals surface area contributed by atoms with Crippen LogP contribution in [0.4, 0.5) is 8.78 Å². The zero-order valence-electron chi connectivity index (χ0n) is 16.1. The predicted molar refractivity (Wildman–Crippen MR) is 109 cm³/mol. The molecule has 0 saturated heterocycles. The number of halogens is 2. The summed E-state index contributed by atoms with van der Waals surface area (Å²) in [4.78, 5) is 12.4. The number of nitrogens with zero attached hydrogens (tertiary/aromatic N) is 1. The molecule has 1 unspecified atom stereocenters. The Labute approximate surface area is 176 Å². The molecule has 4 aromatic rings. The quantitative estimate of drug-likeness (QED) is 0.462. The van der Waals surface area contributed by atoms with Gasteiger partial charge in [0.25, 0.3) is 5.91 Å². The minimum Gasteiger partial charge on any atom is -0.486 e. The summed E-state index contributed by atoms with van der Waals surface area (Å²) in [6.07, 6.45) is 0. The molecule has 1 N–H and O–H groups in total. The van der Waals surface area contributed by atoms with E-state index in [1.807, 2.05) is 42.5 Å². The van der Waals surface area contributed by atoms with E-state index in [9.17, 15) is 18.8 Å². The Morgan fingerprint density at radius 2 is 1.84 bits per heavy atom. The molecule has 0 aliphatic rings. The minimum absolute atomic E-state index is 0.0557. The topological polar surface area (TPSA) is 75.3 Å². The number of furan rings is 1. The average Bonchev–Trinajstić information content (AvgIpc) is 3.25. The highest BCUT2D eigenvalue weighted by Gasteiger charge is 2.21. The van der Waals surface area contributed by atoms with Crippen LogP contribution >= 0.6 is 0 Å². The molecule has 0 fully saturated rings. The van der Waals surface area contributed by atoms with Crippen molar-refractivity contribution in [3.63, 3.8) is 0 Å². The fourth-order valence-corrected chi connectivity index (χ4v) is 3.11. The number of hydrogen-bond donors (Lipinski definition) is 1. The van der Waals surface area contributed by atoms with Crippen LogP contribution in [0.1, 0.15) is 27.9 Å². The zero-order valence-corrected chi connectivity index (χ0v) is 16.1. The number of hydrogen-bond acceptors (Lipinski definition) is 4. The van der Waals surface area contributed by atoms with Crippen molar-refractivity contribution in [3.05, 3.63) is 102 Å². The van der Waals surface area contributed by atoms with Crippen LogP contribution in [-0.2, 0) is 6.61 Å². The SMILES string of the molecule is N#CC(NC(=O)c1ccc(COc2ccc3ccccc3c2)o1)c1ccc(F)cc1F. The van der Waals surface area contributed by atoms with Crippen LogP contribution in [0.15, 0.2) is 77.2 Å². The van der Waals surface area contributed by atoms with Gasteiger partial charge >= 0.3 is 0 Å². The third-order valence-corrected chi connectivity index (χ3v) is 4.67. The van der Waals surface area contributed by atoms with E-state index in [4.69, 9.17) is 9.15 Å². The van der Waals surface area contributed by atoms with Gasteiger partial charge in [0.1, 0.15) is 35.8 Å². The smallest absolute Gasteiger partial charge is 0.288 e. The number of ether oxygens (including phenoxy) is 1. The second-order valence-electron chi connectivity index (χ2n) is 6.76. The van der Waals surface area contributed by atoms with Crippen LogP contribution in [-0.4, -0.2) is 5.91 Å². The maximum atomic E-state index is 13.9. The van der Waals surface area contributed by atoms with Crippen molar-refractivity contribution in [2.75, 3.05) is 0 Å². The van der Waals surface area contributed by atoms with Crippen LogP contribution in [0.2, 0.25) is 0 Å². The van der Waals surface area contributed by atoms with Gasteiger partial charge in [-0.25, -0.2) is 8.78 Å². The highest BCUT2D eigenvalue weighted by Crippen LogP contribution is 2.22. The van der Waals surface area contributed by atoms with Gasteiger partial charge < -0.3 is 14.5 Å². The highest BCUT2D eigenvalue weighted by atomic mass is 19.1. The summed E-state index contributed by atoms with van der Waals surface area (Å²) < 4.78 is 38.2. The lowest BCUT2D eigenvalue weighted by molar-refractivity contribution is 0.0912. The molecule has 1 heterocycles. The number of fused-ring (bicyclic) bond motifs is 1. The molecule has 154 valence electrons. The monoisotopic (exact) mass is 418 g/mol. The third kappa shape index (κ3) is 4.54. The number of carbonyl (C=O) groups excluding carboxylic acids is 1. The number of amides is 1. The third-order valence-electron chi connectivity index (χ3n) is 4.67. The summed E-state index contributed by atoms with van der Waals surface area (Å²) in [5.41, 5.74) is -0.135. The lowest BCUT2D eigenvalue weighted by atomic mass is 10.1. The van der Waals surface area contributed by atoms with Gasteiger partial charge in [0, 0.05) is 11.6 Å². The average molecular weight is 418 g/mol. The molecule has 1 aromatic heterocycles. The second-order valence-corrected chi connectivity index (χ2v) is 6.76. The van der Waals surface area contributed by atoms with Gasteiger partial charge in [0.05, 0.1) is 6.07 Å². The molecule has 5 nitrogen and oxygen atoms in total.